The summed E-state index contributed by atoms with van der Waals surface area (Å²) in [5, 5.41) is 10.4. The predicted molar refractivity (Wildman–Crippen MR) is 58.1 cm³/mol. The lowest BCUT2D eigenvalue weighted by Gasteiger charge is -2.10. The van der Waals surface area contributed by atoms with Crippen LogP contribution in [0.1, 0.15) is 25.3 Å². The molecule has 0 spiro atoms. The van der Waals surface area contributed by atoms with Gasteiger partial charge >= 0.3 is 11.7 Å². The van der Waals surface area contributed by atoms with Crippen LogP contribution in [0.25, 0.3) is 0 Å². The molecule has 0 aliphatic heterocycles. The third-order valence-corrected chi connectivity index (χ3v) is 2.31. The van der Waals surface area contributed by atoms with Gasteiger partial charge in [-0.05, 0) is 25.5 Å². The highest BCUT2D eigenvalue weighted by molar-refractivity contribution is 5.77. The molecule has 0 aliphatic carbocycles. The molecule has 0 bridgehead atoms. The molecule has 6 heteroatoms. The second-order valence-corrected chi connectivity index (χ2v) is 3.44. The minimum Gasteiger partial charge on any atom is -0.466 e. The molecule has 0 N–H and O–H groups in total. The average molecular weight is 241 g/mol. The van der Waals surface area contributed by atoms with Gasteiger partial charge in [-0.3, -0.25) is 14.9 Å². The zero-order chi connectivity index (χ0) is 13.0. The summed E-state index contributed by atoms with van der Waals surface area (Å²) >= 11 is 0. The Bertz CT molecular complexity index is 447. The summed E-state index contributed by atoms with van der Waals surface area (Å²) < 4.78 is 18.1. The quantitative estimate of drug-likeness (QED) is 0.461. The van der Waals surface area contributed by atoms with Gasteiger partial charge in [-0.2, -0.15) is 4.39 Å². The Morgan fingerprint density at radius 1 is 1.59 bits per heavy atom. The summed E-state index contributed by atoms with van der Waals surface area (Å²) in [6.45, 7) is 3.46. The van der Waals surface area contributed by atoms with Crippen LogP contribution in [0.3, 0.4) is 0 Å². The molecule has 0 aromatic heterocycles. The summed E-state index contributed by atoms with van der Waals surface area (Å²) in [7, 11) is 0. The molecule has 0 saturated heterocycles. The van der Waals surface area contributed by atoms with Crippen molar-refractivity contribution in [3.8, 4) is 0 Å². The largest absolute Gasteiger partial charge is 0.466 e. The molecular weight excluding hydrogens is 229 g/mol. The first kappa shape index (κ1) is 13.1. The Morgan fingerprint density at radius 2 is 2.24 bits per heavy atom. The number of hydrogen-bond donors (Lipinski definition) is 0. The molecule has 0 fully saturated rings. The summed E-state index contributed by atoms with van der Waals surface area (Å²) in [6, 6.07) is 3.38. The molecule has 92 valence electrons. The van der Waals surface area contributed by atoms with E-state index in [-0.39, 0.29) is 6.61 Å². The Kier molecular flexibility index (Phi) is 4.14. The van der Waals surface area contributed by atoms with Crippen molar-refractivity contribution < 1.29 is 18.8 Å². The van der Waals surface area contributed by atoms with Crippen molar-refractivity contribution in [1.29, 1.82) is 0 Å². The zero-order valence-corrected chi connectivity index (χ0v) is 9.47. The van der Waals surface area contributed by atoms with Crippen LogP contribution < -0.4 is 0 Å². The van der Waals surface area contributed by atoms with Gasteiger partial charge in [0.2, 0.25) is 5.82 Å². The van der Waals surface area contributed by atoms with Gasteiger partial charge in [0.05, 0.1) is 17.4 Å². The van der Waals surface area contributed by atoms with E-state index < -0.39 is 28.3 Å². The van der Waals surface area contributed by atoms with E-state index in [9.17, 15) is 19.3 Å². The van der Waals surface area contributed by atoms with Gasteiger partial charge < -0.3 is 4.74 Å². The monoisotopic (exact) mass is 241 g/mol. The summed E-state index contributed by atoms with van der Waals surface area (Å²) in [4.78, 5) is 21.0. The van der Waals surface area contributed by atoms with Crippen molar-refractivity contribution in [3.05, 3.63) is 39.7 Å². The summed E-state index contributed by atoms with van der Waals surface area (Å²) in [5.41, 5.74) is -0.253. The van der Waals surface area contributed by atoms with Crippen molar-refractivity contribution in [2.24, 2.45) is 0 Å². The lowest BCUT2D eigenvalue weighted by Crippen LogP contribution is -2.13. The van der Waals surface area contributed by atoms with Crippen LogP contribution in [0, 0.1) is 15.9 Å². The standard InChI is InChI=1S/C11H12FNO4/c1-3-17-11(14)7(2)8-4-5-10(13(15)16)9(12)6-8/h4-7H,3H2,1-2H3/t7-/m0/s1. The molecule has 1 atom stereocenters. The summed E-state index contributed by atoms with van der Waals surface area (Å²) in [6.07, 6.45) is 0. The Hall–Kier alpha value is -1.98. The first-order chi connectivity index (χ1) is 7.97. The topological polar surface area (TPSA) is 69.4 Å². The number of nitrogens with zero attached hydrogens (tertiary/aromatic N) is 1. The van der Waals surface area contributed by atoms with Crippen molar-refractivity contribution in [2.75, 3.05) is 6.61 Å². The fraction of sp³-hybridized carbons (Fsp3) is 0.364. The molecule has 17 heavy (non-hydrogen) atoms. The van der Waals surface area contributed by atoms with Crippen molar-refractivity contribution in [1.82, 2.24) is 0 Å². The van der Waals surface area contributed by atoms with E-state index >= 15 is 0 Å². The van der Waals surface area contributed by atoms with Gasteiger partial charge in [0.15, 0.2) is 0 Å². The van der Waals surface area contributed by atoms with Crippen LogP contribution in [-0.2, 0) is 9.53 Å². The number of esters is 1. The van der Waals surface area contributed by atoms with Gasteiger partial charge in [-0.1, -0.05) is 6.07 Å². The number of hydrogen-bond acceptors (Lipinski definition) is 4. The van der Waals surface area contributed by atoms with Crippen molar-refractivity contribution in [3.63, 3.8) is 0 Å². The minimum atomic E-state index is -0.955. The molecule has 5 nitrogen and oxygen atoms in total. The highest BCUT2D eigenvalue weighted by atomic mass is 19.1. The van der Waals surface area contributed by atoms with Gasteiger partial charge in [-0.15, -0.1) is 0 Å². The Labute approximate surface area is 97.3 Å². The number of carbonyl (C=O) groups excluding carboxylic acids is 1. The third kappa shape index (κ3) is 2.99. The number of benzene rings is 1. The molecular formula is C11H12FNO4. The van der Waals surface area contributed by atoms with Crippen LogP contribution in [0.15, 0.2) is 18.2 Å². The fourth-order valence-corrected chi connectivity index (χ4v) is 1.34. The zero-order valence-electron chi connectivity index (χ0n) is 9.47. The van der Waals surface area contributed by atoms with E-state index in [4.69, 9.17) is 4.74 Å². The van der Waals surface area contributed by atoms with Crippen LogP contribution in [0.4, 0.5) is 10.1 Å². The maximum Gasteiger partial charge on any atom is 0.313 e. The maximum atomic E-state index is 13.3. The predicted octanol–water partition coefficient (Wildman–Crippen LogP) is 2.40. The van der Waals surface area contributed by atoms with Crippen LogP contribution in [0.2, 0.25) is 0 Å². The molecule has 0 radical (unpaired) electrons. The van der Waals surface area contributed by atoms with E-state index in [2.05, 4.69) is 0 Å². The van der Waals surface area contributed by atoms with Crippen LogP contribution >= 0.6 is 0 Å². The number of rotatable bonds is 4. The second-order valence-electron chi connectivity index (χ2n) is 3.44. The van der Waals surface area contributed by atoms with Crippen molar-refractivity contribution in [2.45, 2.75) is 19.8 Å². The number of ether oxygens (including phenoxy) is 1. The van der Waals surface area contributed by atoms with E-state index in [1.807, 2.05) is 0 Å². The molecule has 0 amide bonds. The number of carbonyl (C=O) groups is 1. The highest BCUT2D eigenvalue weighted by Crippen LogP contribution is 2.23. The molecule has 0 unspecified atom stereocenters. The van der Waals surface area contributed by atoms with Gasteiger partial charge in [0.25, 0.3) is 0 Å². The number of halogens is 1. The minimum absolute atomic E-state index is 0.235. The second kappa shape index (κ2) is 5.38. The molecule has 1 rings (SSSR count). The van der Waals surface area contributed by atoms with Crippen molar-refractivity contribution >= 4 is 11.7 Å². The number of nitro groups is 1. The fourth-order valence-electron chi connectivity index (χ4n) is 1.34. The average Bonchev–Trinajstić information content (AvgIpc) is 2.27. The smallest absolute Gasteiger partial charge is 0.313 e. The van der Waals surface area contributed by atoms with Gasteiger partial charge in [0.1, 0.15) is 0 Å². The van der Waals surface area contributed by atoms with Crippen LogP contribution in [0.5, 0.6) is 0 Å². The SMILES string of the molecule is CCOC(=O)[C@@H](C)c1ccc([N+](=O)[O-])c(F)c1. The maximum absolute atomic E-state index is 13.3. The van der Waals surface area contributed by atoms with E-state index in [1.165, 1.54) is 6.07 Å². The molecule has 0 saturated carbocycles. The van der Waals surface area contributed by atoms with Gasteiger partial charge in [0, 0.05) is 6.07 Å². The molecule has 0 aliphatic rings. The Morgan fingerprint density at radius 3 is 2.71 bits per heavy atom. The molecule has 0 heterocycles. The van der Waals surface area contributed by atoms with Crippen LogP contribution in [-0.4, -0.2) is 17.5 Å². The third-order valence-electron chi connectivity index (χ3n) is 2.31. The van der Waals surface area contributed by atoms with E-state index in [0.29, 0.717) is 5.56 Å². The lowest BCUT2D eigenvalue weighted by atomic mass is 10.0. The Balaban J connectivity index is 2.97. The van der Waals surface area contributed by atoms with E-state index in [1.54, 1.807) is 13.8 Å². The normalized spacial score (nSPS) is 11.9. The van der Waals surface area contributed by atoms with E-state index in [0.717, 1.165) is 12.1 Å². The summed E-state index contributed by atoms with van der Waals surface area (Å²) in [5.74, 6) is -2.09. The first-order valence-electron chi connectivity index (χ1n) is 5.07. The first-order valence-corrected chi connectivity index (χ1v) is 5.07. The number of nitro benzene ring substituents is 1. The lowest BCUT2D eigenvalue weighted by molar-refractivity contribution is -0.387. The molecule has 1 aromatic carbocycles. The van der Waals surface area contributed by atoms with Gasteiger partial charge in [-0.25, -0.2) is 0 Å². The highest BCUT2D eigenvalue weighted by Gasteiger charge is 2.20. The molecule has 1 aromatic rings.